The largest absolute Gasteiger partial charge is 0.435 e. The molecule has 0 radical (unpaired) electrons. The van der Waals surface area contributed by atoms with Crippen molar-refractivity contribution in [3.05, 3.63) is 45.9 Å². The Bertz CT molecular complexity index is 673. The first-order chi connectivity index (χ1) is 11.3. The number of nitrogens with one attached hydrogen (secondary N) is 1. The molecule has 1 aliphatic rings. The molecule has 1 aliphatic heterocycles. The maximum absolute atomic E-state index is 11.4. The molecule has 5 atom stereocenters. The van der Waals surface area contributed by atoms with Gasteiger partial charge in [-0.25, -0.2) is 9.36 Å². The Balaban J connectivity index is 0.000000351. The SMILES string of the molecule is C=CO[PH](=O)OC.O=c1ccn([C@@H]2O[C@H](CO)[C@@H](O)[C@H]2O)c(=O)[nH]1. The zero-order valence-corrected chi connectivity index (χ0v) is 13.7. The fourth-order valence-electron chi connectivity index (χ4n) is 1.85. The summed E-state index contributed by atoms with van der Waals surface area (Å²) in [5.74, 6) is 0. The highest BCUT2D eigenvalue weighted by Gasteiger charge is 2.43. The fraction of sp³-hybridized carbons (Fsp3) is 0.500. The summed E-state index contributed by atoms with van der Waals surface area (Å²) < 4.78 is 24.7. The third kappa shape index (κ3) is 5.13. The Morgan fingerprint density at radius 1 is 1.46 bits per heavy atom. The standard InChI is InChI=1S/C9H12N2O6.C3H7O3P/c12-3-4-6(14)7(15)8(17-4)11-2-1-5(13)10-9(11)16;1-3-6-7(4)5-2/h1-2,4,6-8,12,14-15H,3H2,(H,10,13,16);3,7H,1H2,2H3/t4-,6-,7-,8-;/m1./s1. The Labute approximate surface area is 136 Å². The summed E-state index contributed by atoms with van der Waals surface area (Å²) in [7, 11) is -0.938. The molecule has 1 aromatic heterocycles. The van der Waals surface area contributed by atoms with Crippen molar-refractivity contribution >= 4 is 8.25 Å². The molecule has 1 saturated heterocycles. The minimum absolute atomic E-state index is 0.479. The molecule has 2 rings (SSSR count). The first-order valence-corrected chi connectivity index (χ1v) is 7.87. The number of aromatic nitrogens is 2. The molecule has 2 heterocycles. The summed E-state index contributed by atoms with van der Waals surface area (Å²) in [6.07, 6.45) is -2.49. The second kappa shape index (κ2) is 9.52. The molecule has 12 heteroatoms. The van der Waals surface area contributed by atoms with E-state index in [0.717, 1.165) is 23.1 Å². The van der Waals surface area contributed by atoms with Crippen molar-refractivity contribution in [1.82, 2.24) is 9.55 Å². The predicted molar refractivity (Wildman–Crippen MR) is 81.6 cm³/mol. The van der Waals surface area contributed by atoms with Gasteiger partial charge in [0, 0.05) is 19.4 Å². The lowest BCUT2D eigenvalue weighted by Gasteiger charge is -2.16. The van der Waals surface area contributed by atoms with Crippen LogP contribution in [0.1, 0.15) is 6.23 Å². The molecular weight excluding hydrogens is 347 g/mol. The van der Waals surface area contributed by atoms with E-state index >= 15 is 0 Å². The molecule has 0 amide bonds. The minimum Gasteiger partial charge on any atom is -0.435 e. The van der Waals surface area contributed by atoms with Crippen molar-refractivity contribution in [2.75, 3.05) is 13.7 Å². The Morgan fingerprint density at radius 3 is 2.54 bits per heavy atom. The molecule has 1 fully saturated rings. The van der Waals surface area contributed by atoms with E-state index in [1.54, 1.807) is 0 Å². The van der Waals surface area contributed by atoms with Crippen LogP contribution >= 0.6 is 8.25 Å². The van der Waals surface area contributed by atoms with E-state index < -0.39 is 50.7 Å². The highest BCUT2D eigenvalue weighted by Crippen LogP contribution is 2.27. The summed E-state index contributed by atoms with van der Waals surface area (Å²) in [6, 6.07) is 1.09. The molecule has 24 heavy (non-hydrogen) atoms. The lowest BCUT2D eigenvalue weighted by molar-refractivity contribution is -0.0550. The van der Waals surface area contributed by atoms with Gasteiger partial charge in [0.1, 0.15) is 18.3 Å². The number of aliphatic hydroxyl groups is 3. The topological polar surface area (TPSA) is 160 Å². The minimum atomic E-state index is -2.25. The summed E-state index contributed by atoms with van der Waals surface area (Å²) in [5.41, 5.74) is -1.33. The normalized spacial score (nSPS) is 27.0. The lowest BCUT2D eigenvalue weighted by Crippen LogP contribution is -2.37. The number of ether oxygens (including phenoxy) is 1. The summed E-state index contributed by atoms with van der Waals surface area (Å²) in [4.78, 5) is 24.3. The zero-order chi connectivity index (χ0) is 18.3. The lowest BCUT2D eigenvalue weighted by atomic mass is 10.1. The van der Waals surface area contributed by atoms with Crippen molar-refractivity contribution < 1.29 is 33.7 Å². The van der Waals surface area contributed by atoms with Crippen LogP contribution in [0.3, 0.4) is 0 Å². The molecule has 0 aromatic carbocycles. The van der Waals surface area contributed by atoms with Crippen LogP contribution in [0.25, 0.3) is 0 Å². The average Bonchev–Trinajstić information content (AvgIpc) is 2.84. The van der Waals surface area contributed by atoms with Crippen LogP contribution in [-0.2, 0) is 18.3 Å². The number of nitrogens with zero attached hydrogens (tertiary/aromatic N) is 1. The number of hydrogen-bond acceptors (Lipinski definition) is 9. The van der Waals surface area contributed by atoms with E-state index in [1.165, 1.54) is 7.11 Å². The van der Waals surface area contributed by atoms with Crippen LogP contribution in [0, 0.1) is 0 Å². The van der Waals surface area contributed by atoms with Crippen molar-refractivity contribution in [2.45, 2.75) is 24.5 Å². The van der Waals surface area contributed by atoms with Gasteiger partial charge in [0.25, 0.3) is 5.56 Å². The van der Waals surface area contributed by atoms with Gasteiger partial charge >= 0.3 is 13.9 Å². The number of rotatable bonds is 5. The first-order valence-electron chi connectivity index (χ1n) is 6.65. The molecular formula is C12H19N2O9P. The third-order valence-electron chi connectivity index (χ3n) is 2.99. The van der Waals surface area contributed by atoms with Gasteiger partial charge in [-0.3, -0.25) is 14.3 Å². The predicted octanol–water partition coefficient (Wildman–Crippen LogP) is -1.67. The number of aromatic amines is 1. The molecule has 0 saturated carbocycles. The summed E-state index contributed by atoms with van der Waals surface area (Å²) in [5, 5.41) is 28.1. The highest BCUT2D eigenvalue weighted by atomic mass is 31.1. The number of aliphatic hydroxyl groups excluding tert-OH is 3. The van der Waals surface area contributed by atoms with Crippen LogP contribution < -0.4 is 11.2 Å². The van der Waals surface area contributed by atoms with Gasteiger partial charge < -0.3 is 29.1 Å². The molecule has 1 aromatic rings. The average molecular weight is 366 g/mol. The smallest absolute Gasteiger partial charge is 0.366 e. The van der Waals surface area contributed by atoms with E-state index in [2.05, 4.69) is 15.6 Å². The quantitative estimate of drug-likeness (QED) is 0.353. The first kappa shape index (κ1) is 20.3. The second-order valence-corrected chi connectivity index (χ2v) is 5.63. The number of H-pyrrole nitrogens is 1. The maximum atomic E-state index is 11.4. The second-order valence-electron chi connectivity index (χ2n) is 4.48. The molecule has 0 aliphatic carbocycles. The van der Waals surface area contributed by atoms with Crippen molar-refractivity contribution in [3.8, 4) is 0 Å². The molecule has 136 valence electrons. The van der Waals surface area contributed by atoms with Crippen LogP contribution in [-0.4, -0.2) is 56.9 Å². The Kier molecular flexibility index (Phi) is 8.05. The summed E-state index contributed by atoms with van der Waals surface area (Å²) in [6.45, 7) is 2.69. The van der Waals surface area contributed by atoms with Gasteiger partial charge in [-0.2, -0.15) is 0 Å². The van der Waals surface area contributed by atoms with Crippen molar-refractivity contribution in [2.24, 2.45) is 0 Å². The zero-order valence-electron chi connectivity index (χ0n) is 12.7. The monoisotopic (exact) mass is 366 g/mol. The van der Waals surface area contributed by atoms with Gasteiger partial charge in [0.2, 0.25) is 0 Å². The Hall–Kier alpha value is -1.75. The van der Waals surface area contributed by atoms with Crippen LogP contribution in [0.4, 0.5) is 0 Å². The Morgan fingerprint density at radius 2 is 2.12 bits per heavy atom. The van der Waals surface area contributed by atoms with E-state index in [4.69, 9.17) is 9.84 Å². The van der Waals surface area contributed by atoms with Gasteiger partial charge in [-0.1, -0.05) is 6.58 Å². The maximum Gasteiger partial charge on any atom is 0.366 e. The molecule has 11 nitrogen and oxygen atoms in total. The van der Waals surface area contributed by atoms with Gasteiger partial charge in [0.05, 0.1) is 12.9 Å². The summed E-state index contributed by atoms with van der Waals surface area (Å²) >= 11 is 0. The molecule has 0 bridgehead atoms. The van der Waals surface area contributed by atoms with E-state index in [-0.39, 0.29) is 0 Å². The van der Waals surface area contributed by atoms with E-state index in [0.29, 0.717) is 0 Å². The number of hydrogen-bond donors (Lipinski definition) is 4. The molecule has 0 spiro atoms. The highest BCUT2D eigenvalue weighted by molar-refractivity contribution is 7.33. The van der Waals surface area contributed by atoms with Crippen LogP contribution in [0.15, 0.2) is 34.7 Å². The fourth-order valence-corrected chi connectivity index (χ4v) is 2.09. The van der Waals surface area contributed by atoms with Crippen molar-refractivity contribution in [3.63, 3.8) is 0 Å². The van der Waals surface area contributed by atoms with Gasteiger partial charge in [-0.05, 0) is 0 Å². The van der Waals surface area contributed by atoms with Crippen molar-refractivity contribution in [1.29, 1.82) is 0 Å². The van der Waals surface area contributed by atoms with E-state index in [9.17, 15) is 24.4 Å². The van der Waals surface area contributed by atoms with E-state index in [1.807, 2.05) is 4.98 Å². The molecule has 1 unspecified atom stereocenters. The molecule has 4 N–H and O–H groups in total. The van der Waals surface area contributed by atoms with Crippen LogP contribution in [0.2, 0.25) is 0 Å². The van der Waals surface area contributed by atoms with Crippen LogP contribution in [0.5, 0.6) is 0 Å². The van der Waals surface area contributed by atoms with Gasteiger partial charge in [0.15, 0.2) is 6.23 Å². The third-order valence-corrected chi connectivity index (χ3v) is 3.68. The van der Waals surface area contributed by atoms with Gasteiger partial charge in [-0.15, -0.1) is 0 Å².